The number of carbonyl (C=O) groups is 1. The van der Waals surface area contributed by atoms with Crippen molar-refractivity contribution in [3.8, 4) is 11.5 Å². The van der Waals surface area contributed by atoms with Crippen molar-refractivity contribution in [2.75, 3.05) is 26.8 Å². The second-order valence-electron chi connectivity index (χ2n) is 5.01. The van der Waals surface area contributed by atoms with Gasteiger partial charge < -0.3 is 14.6 Å². The van der Waals surface area contributed by atoms with E-state index in [1.807, 2.05) is 31.2 Å². The lowest BCUT2D eigenvalue weighted by Gasteiger charge is -2.31. The number of para-hydroxylation sites is 2. The predicted octanol–water partition coefficient (Wildman–Crippen LogP) is 2.26. The fourth-order valence-electron chi connectivity index (χ4n) is 1.58. The Morgan fingerprint density at radius 1 is 1.25 bits per heavy atom. The maximum absolute atomic E-state index is 11.1. The van der Waals surface area contributed by atoms with Crippen molar-refractivity contribution in [3.05, 3.63) is 24.3 Å². The second kappa shape index (κ2) is 7.14. The summed E-state index contributed by atoms with van der Waals surface area (Å²) in [5.74, 6) is 0.528. The Morgan fingerprint density at radius 2 is 1.80 bits per heavy atom. The van der Waals surface area contributed by atoms with E-state index in [-0.39, 0.29) is 0 Å². The van der Waals surface area contributed by atoms with E-state index in [0.717, 1.165) is 0 Å². The van der Waals surface area contributed by atoms with E-state index in [9.17, 15) is 4.79 Å². The zero-order chi connectivity index (χ0) is 15.2. The van der Waals surface area contributed by atoms with Gasteiger partial charge in [0, 0.05) is 6.54 Å². The van der Waals surface area contributed by atoms with Crippen LogP contribution in [0.5, 0.6) is 11.5 Å². The Morgan fingerprint density at radius 3 is 2.30 bits per heavy atom. The largest absolute Gasteiger partial charge is 0.490 e. The number of ether oxygens (including phenoxy) is 2. The number of likely N-dealkylation sites (N-methyl/N-ethyl adjacent to an activating group) is 1. The van der Waals surface area contributed by atoms with Crippen LogP contribution >= 0.6 is 0 Å². The van der Waals surface area contributed by atoms with Crippen LogP contribution in [-0.4, -0.2) is 48.3 Å². The number of rotatable bonds is 8. The first-order chi connectivity index (χ1) is 9.39. The van der Waals surface area contributed by atoms with Crippen LogP contribution in [0.4, 0.5) is 0 Å². The molecule has 0 heterocycles. The van der Waals surface area contributed by atoms with Gasteiger partial charge in [0.15, 0.2) is 11.5 Å². The normalized spacial score (nSPS) is 11.4. The minimum Gasteiger partial charge on any atom is -0.490 e. The van der Waals surface area contributed by atoms with Crippen molar-refractivity contribution >= 4 is 5.97 Å². The van der Waals surface area contributed by atoms with Crippen molar-refractivity contribution in [2.24, 2.45) is 0 Å². The van der Waals surface area contributed by atoms with E-state index in [2.05, 4.69) is 0 Å². The first-order valence-electron chi connectivity index (χ1n) is 6.68. The van der Waals surface area contributed by atoms with Crippen LogP contribution in [0.3, 0.4) is 0 Å². The zero-order valence-corrected chi connectivity index (χ0v) is 12.5. The van der Waals surface area contributed by atoms with Gasteiger partial charge >= 0.3 is 5.97 Å². The lowest BCUT2D eigenvalue weighted by Crippen LogP contribution is -2.49. The first kappa shape index (κ1) is 16.3. The van der Waals surface area contributed by atoms with Gasteiger partial charge in [0.2, 0.25) is 0 Å². The summed E-state index contributed by atoms with van der Waals surface area (Å²) in [6.07, 6.45) is 0. The van der Waals surface area contributed by atoms with Crippen LogP contribution in [0.25, 0.3) is 0 Å². The molecule has 0 atom stereocenters. The van der Waals surface area contributed by atoms with Crippen molar-refractivity contribution in [2.45, 2.75) is 26.3 Å². The third-order valence-corrected chi connectivity index (χ3v) is 3.31. The van der Waals surface area contributed by atoms with Crippen LogP contribution in [0, 0.1) is 0 Å². The highest BCUT2D eigenvalue weighted by Crippen LogP contribution is 2.26. The van der Waals surface area contributed by atoms with Crippen LogP contribution in [0.1, 0.15) is 20.8 Å². The summed E-state index contributed by atoms with van der Waals surface area (Å²) in [6, 6.07) is 7.46. The van der Waals surface area contributed by atoms with E-state index in [1.54, 1.807) is 25.8 Å². The minimum absolute atomic E-state index is 0.400. The molecule has 0 aliphatic rings. The Kier molecular flexibility index (Phi) is 5.82. The number of hydrogen-bond donors (Lipinski definition) is 1. The molecule has 0 bridgehead atoms. The van der Waals surface area contributed by atoms with Crippen molar-refractivity contribution in [3.63, 3.8) is 0 Å². The molecule has 0 radical (unpaired) electrons. The number of benzene rings is 1. The molecule has 5 heteroatoms. The Labute approximate surface area is 120 Å². The Bertz CT molecular complexity index is 445. The highest BCUT2D eigenvalue weighted by atomic mass is 16.5. The van der Waals surface area contributed by atoms with E-state index in [1.165, 1.54) is 0 Å². The van der Waals surface area contributed by atoms with Gasteiger partial charge in [0.1, 0.15) is 12.1 Å². The molecule has 0 saturated carbocycles. The third kappa shape index (κ3) is 4.13. The number of hydrogen-bond acceptors (Lipinski definition) is 4. The number of nitrogens with zero attached hydrogens (tertiary/aromatic N) is 1. The molecule has 1 aromatic rings. The van der Waals surface area contributed by atoms with Gasteiger partial charge in [-0.2, -0.15) is 0 Å². The van der Waals surface area contributed by atoms with Gasteiger partial charge in [-0.25, -0.2) is 0 Å². The fourth-order valence-corrected chi connectivity index (χ4v) is 1.58. The molecule has 0 aliphatic heterocycles. The SMILES string of the molecule is CCOc1ccccc1OCCN(C)C(C)(C)C(=O)O. The molecule has 1 N–H and O–H groups in total. The molecule has 0 aromatic heterocycles. The maximum Gasteiger partial charge on any atom is 0.323 e. The Hall–Kier alpha value is -1.75. The van der Waals surface area contributed by atoms with E-state index in [0.29, 0.717) is 31.3 Å². The monoisotopic (exact) mass is 281 g/mol. The minimum atomic E-state index is -0.914. The summed E-state index contributed by atoms with van der Waals surface area (Å²) in [7, 11) is 1.77. The highest BCUT2D eigenvalue weighted by Gasteiger charge is 2.31. The van der Waals surface area contributed by atoms with E-state index < -0.39 is 11.5 Å². The lowest BCUT2D eigenvalue weighted by molar-refractivity contribution is -0.148. The molecule has 112 valence electrons. The maximum atomic E-state index is 11.1. The van der Waals surface area contributed by atoms with Gasteiger partial charge in [0.05, 0.1) is 6.61 Å². The van der Waals surface area contributed by atoms with Crippen molar-refractivity contribution in [1.82, 2.24) is 4.90 Å². The lowest BCUT2D eigenvalue weighted by atomic mass is 10.0. The number of carboxylic acid groups (broad SMARTS) is 1. The second-order valence-corrected chi connectivity index (χ2v) is 5.01. The average Bonchev–Trinajstić information content (AvgIpc) is 2.40. The topological polar surface area (TPSA) is 59.0 Å². The van der Waals surface area contributed by atoms with Crippen LogP contribution < -0.4 is 9.47 Å². The van der Waals surface area contributed by atoms with Gasteiger partial charge in [-0.3, -0.25) is 9.69 Å². The predicted molar refractivity (Wildman–Crippen MR) is 77.5 cm³/mol. The molecule has 20 heavy (non-hydrogen) atoms. The van der Waals surface area contributed by atoms with Gasteiger partial charge in [-0.1, -0.05) is 12.1 Å². The van der Waals surface area contributed by atoms with E-state index >= 15 is 0 Å². The van der Waals surface area contributed by atoms with Crippen LogP contribution in [-0.2, 0) is 4.79 Å². The summed E-state index contributed by atoms with van der Waals surface area (Å²) in [5, 5.41) is 9.14. The summed E-state index contributed by atoms with van der Waals surface area (Å²) in [6.45, 7) is 6.75. The van der Waals surface area contributed by atoms with Gasteiger partial charge in [-0.05, 0) is 40.0 Å². The average molecular weight is 281 g/mol. The molecule has 0 amide bonds. The quantitative estimate of drug-likeness (QED) is 0.792. The van der Waals surface area contributed by atoms with Crippen molar-refractivity contribution < 1.29 is 19.4 Å². The number of carboxylic acids is 1. The summed E-state index contributed by atoms with van der Waals surface area (Å²) in [4.78, 5) is 12.9. The van der Waals surface area contributed by atoms with Crippen LogP contribution in [0.15, 0.2) is 24.3 Å². The zero-order valence-electron chi connectivity index (χ0n) is 12.5. The molecular formula is C15H23NO4. The standard InChI is InChI=1S/C15H23NO4/c1-5-19-12-8-6-7-9-13(12)20-11-10-16(4)15(2,3)14(17)18/h6-9H,5,10-11H2,1-4H3,(H,17,18). The molecule has 0 unspecified atom stereocenters. The van der Waals surface area contributed by atoms with E-state index in [4.69, 9.17) is 14.6 Å². The third-order valence-electron chi connectivity index (χ3n) is 3.31. The first-order valence-corrected chi connectivity index (χ1v) is 6.68. The molecule has 0 aliphatic carbocycles. The Balaban J connectivity index is 2.55. The molecule has 0 fully saturated rings. The molecular weight excluding hydrogens is 258 g/mol. The van der Waals surface area contributed by atoms with Crippen LogP contribution in [0.2, 0.25) is 0 Å². The highest BCUT2D eigenvalue weighted by molar-refractivity contribution is 5.77. The summed E-state index contributed by atoms with van der Waals surface area (Å²) in [5.41, 5.74) is -0.914. The van der Waals surface area contributed by atoms with Crippen molar-refractivity contribution in [1.29, 1.82) is 0 Å². The summed E-state index contributed by atoms with van der Waals surface area (Å²) >= 11 is 0. The molecule has 1 aromatic carbocycles. The number of aliphatic carboxylic acids is 1. The molecule has 0 spiro atoms. The molecule has 0 saturated heterocycles. The van der Waals surface area contributed by atoms with Gasteiger partial charge in [0.25, 0.3) is 0 Å². The van der Waals surface area contributed by atoms with Gasteiger partial charge in [-0.15, -0.1) is 0 Å². The smallest absolute Gasteiger partial charge is 0.323 e. The molecule has 5 nitrogen and oxygen atoms in total. The fraction of sp³-hybridized carbons (Fsp3) is 0.533. The molecule has 1 rings (SSSR count). The summed E-state index contributed by atoms with van der Waals surface area (Å²) < 4.78 is 11.1.